The molecular weight excluding hydrogens is 330 g/mol. The van der Waals surface area contributed by atoms with E-state index in [0.717, 1.165) is 71.0 Å². The lowest BCUT2D eigenvalue weighted by Crippen LogP contribution is -2.47. The summed E-state index contributed by atoms with van der Waals surface area (Å²) in [5, 5.41) is 3.65. The largest absolute Gasteiger partial charge is 0.383 e. The van der Waals surface area contributed by atoms with Crippen molar-refractivity contribution in [3.63, 3.8) is 0 Å². The van der Waals surface area contributed by atoms with E-state index >= 15 is 0 Å². The molecule has 3 aliphatic rings. The summed E-state index contributed by atoms with van der Waals surface area (Å²) in [6, 6.07) is 0.654. The highest BCUT2D eigenvalue weighted by Gasteiger charge is 2.30. The first-order valence-electron chi connectivity index (χ1n) is 10.3. The second kappa shape index (κ2) is 10.4. The maximum atomic E-state index is 5.49. The van der Waals surface area contributed by atoms with E-state index in [4.69, 9.17) is 9.47 Å². The van der Waals surface area contributed by atoms with Crippen molar-refractivity contribution in [1.29, 1.82) is 0 Å². The van der Waals surface area contributed by atoms with Crippen LogP contribution in [-0.2, 0) is 9.47 Å². The van der Waals surface area contributed by atoms with Crippen LogP contribution in [0.2, 0.25) is 0 Å². The predicted molar refractivity (Wildman–Crippen MR) is 105 cm³/mol. The molecule has 7 nitrogen and oxygen atoms in total. The molecule has 3 rings (SSSR count). The summed E-state index contributed by atoms with van der Waals surface area (Å²) >= 11 is 0. The SMILES string of the molecule is CN=C(NCC1CCN(CCOC)CC1)N1CCC(N2CCOCC2)C1. The Morgan fingerprint density at radius 3 is 2.58 bits per heavy atom. The second-order valence-electron chi connectivity index (χ2n) is 7.74. The minimum Gasteiger partial charge on any atom is -0.383 e. The van der Waals surface area contributed by atoms with Crippen molar-refractivity contribution in [2.24, 2.45) is 10.9 Å². The maximum Gasteiger partial charge on any atom is 0.193 e. The molecule has 0 spiro atoms. The molecule has 26 heavy (non-hydrogen) atoms. The Balaban J connectivity index is 1.37. The van der Waals surface area contributed by atoms with Crippen LogP contribution in [0.25, 0.3) is 0 Å². The number of likely N-dealkylation sites (tertiary alicyclic amines) is 2. The monoisotopic (exact) mass is 367 g/mol. The number of hydrogen-bond acceptors (Lipinski definition) is 5. The topological polar surface area (TPSA) is 52.6 Å². The van der Waals surface area contributed by atoms with Crippen LogP contribution in [0, 0.1) is 5.92 Å². The van der Waals surface area contributed by atoms with E-state index < -0.39 is 0 Å². The van der Waals surface area contributed by atoms with Gasteiger partial charge in [0.05, 0.1) is 19.8 Å². The zero-order valence-electron chi connectivity index (χ0n) is 16.7. The highest BCUT2D eigenvalue weighted by Crippen LogP contribution is 2.18. The predicted octanol–water partition coefficient (Wildman–Crippen LogP) is 0.327. The zero-order valence-corrected chi connectivity index (χ0v) is 16.7. The first kappa shape index (κ1) is 19.9. The van der Waals surface area contributed by atoms with Gasteiger partial charge in [-0.25, -0.2) is 0 Å². The third-order valence-corrected chi connectivity index (χ3v) is 6.10. The first-order valence-corrected chi connectivity index (χ1v) is 10.3. The van der Waals surface area contributed by atoms with Crippen molar-refractivity contribution in [2.45, 2.75) is 25.3 Å². The van der Waals surface area contributed by atoms with Gasteiger partial charge in [-0.15, -0.1) is 0 Å². The average Bonchev–Trinajstić information content (AvgIpc) is 3.18. The van der Waals surface area contributed by atoms with Gasteiger partial charge < -0.3 is 24.6 Å². The lowest BCUT2D eigenvalue weighted by molar-refractivity contribution is 0.0194. The van der Waals surface area contributed by atoms with E-state index in [9.17, 15) is 0 Å². The number of nitrogens with one attached hydrogen (secondary N) is 1. The molecule has 0 saturated carbocycles. The van der Waals surface area contributed by atoms with Crippen molar-refractivity contribution in [1.82, 2.24) is 20.0 Å². The summed E-state index contributed by atoms with van der Waals surface area (Å²) in [5.41, 5.74) is 0. The van der Waals surface area contributed by atoms with E-state index in [0.29, 0.717) is 6.04 Å². The van der Waals surface area contributed by atoms with Gasteiger partial charge in [-0.2, -0.15) is 0 Å². The molecule has 0 aliphatic carbocycles. The molecule has 0 aromatic rings. The van der Waals surface area contributed by atoms with Crippen molar-refractivity contribution in [2.75, 3.05) is 86.3 Å². The third-order valence-electron chi connectivity index (χ3n) is 6.10. The van der Waals surface area contributed by atoms with Crippen LogP contribution >= 0.6 is 0 Å². The maximum absolute atomic E-state index is 5.49. The normalized spacial score (nSPS) is 27.2. The molecule has 3 saturated heterocycles. The minimum absolute atomic E-state index is 0.654. The average molecular weight is 368 g/mol. The summed E-state index contributed by atoms with van der Waals surface area (Å²) < 4.78 is 10.7. The van der Waals surface area contributed by atoms with Crippen LogP contribution in [-0.4, -0.2) is 113 Å². The van der Waals surface area contributed by atoms with E-state index in [1.54, 1.807) is 7.11 Å². The van der Waals surface area contributed by atoms with Gasteiger partial charge in [0.25, 0.3) is 0 Å². The van der Waals surface area contributed by atoms with Crippen LogP contribution in [0.3, 0.4) is 0 Å². The van der Waals surface area contributed by atoms with Crippen LogP contribution < -0.4 is 5.32 Å². The number of morpholine rings is 1. The van der Waals surface area contributed by atoms with Gasteiger partial charge in [-0.1, -0.05) is 0 Å². The number of ether oxygens (including phenoxy) is 2. The van der Waals surface area contributed by atoms with Gasteiger partial charge in [0.15, 0.2) is 5.96 Å². The molecule has 0 radical (unpaired) electrons. The van der Waals surface area contributed by atoms with Crippen LogP contribution in [0.15, 0.2) is 4.99 Å². The van der Waals surface area contributed by atoms with Gasteiger partial charge in [0, 0.05) is 59.5 Å². The number of nitrogens with zero attached hydrogens (tertiary/aromatic N) is 4. The Labute approximate surface area is 158 Å². The molecule has 150 valence electrons. The van der Waals surface area contributed by atoms with Gasteiger partial charge in [0.2, 0.25) is 0 Å². The molecule has 1 atom stereocenters. The Hall–Kier alpha value is -0.890. The highest BCUT2D eigenvalue weighted by molar-refractivity contribution is 5.80. The zero-order chi connectivity index (χ0) is 18.2. The number of piperidine rings is 1. The summed E-state index contributed by atoms with van der Waals surface area (Å²) in [6.45, 7) is 11.4. The van der Waals surface area contributed by atoms with Gasteiger partial charge in [-0.05, 0) is 38.3 Å². The Morgan fingerprint density at radius 2 is 1.88 bits per heavy atom. The van der Waals surface area contributed by atoms with Crippen LogP contribution in [0.5, 0.6) is 0 Å². The van der Waals surface area contributed by atoms with E-state index in [2.05, 4.69) is 25.0 Å². The molecule has 1 N–H and O–H groups in total. The van der Waals surface area contributed by atoms with Gasteiger partial charge in [-0.3, -0.25) is 9.89 Å². The Bertz CT molecular complexity index is 434. The molecule has 7 heteroatoms. The van der Waals surface area contributed by atoms with E-state index in [1.165, 1.54) is 32.4 Å². The fraction of sp³-hybridized carbons (Fsp3) is 0.947. The van der Waals surface area contributed by atoms with Gasteiger partial charge >= 0.3 is 0 Å². The van der Waals surface area contributed by atoms with Crippen molar-refractivity contribution < 1.29 is 9.47 Å². The summed E-state index contributed by atoms with van der Waals surface area (Å²) in [7, 11) is 3.70. The van der Waals surface area contributed by atoms with Crippen molar-refractivity contribution >= 4 is 5.96 Å². The fourth-order valence-electron chi connectivity index (χ4n) is 4.38. The molecule has 0 bridgehead atoms. The first-order chi connectivity index (χ1) is 12.8. The van der Waals surface area contributed by atoms with E-state index in [1.807, 2.05) is 7.05 Å². The molecule has 3 fully saturated rings. The van der Waals surface area contributed by atoms with Crippen molar-refractivity contribution in [3.05, 3.63) is 0 Å². The second-order valence-corrected chi connectivity index (χ2v) is 7.74. The number of methoxy groups -OCH3 is 1. The smallest absolute Gasteiger partial charge is 0.193 e. The Morgan fingerprint density at radius 1 is 1.12 bits per heavy atom. The van der Waals surface area contributed by atoms with Crippen molar-refractivity contribution in [3.8, 4) is 0 Å². The molecule has 3 aliphatic heterocycles. The molecule has 0 aromatic carbocycles. The number of rotatable bonds is 6. The number of guanidine groups is 1. The standard InChI is InChI=1S/C19H37N5O2/c1-20-19(21-15-17-3-6-22(7-4-17)9-12-25-2)24-8-5-18(16-24)23-10-13-26-14-11-23/h17-18H,3-16H2,1-2H3,(H,20,21). The molecule has 1 unspecified atom stereocenters. The minimum atomic E-state index is 0.654. The highest BCUT2D eigenvalue weighted by atomic mass is 16.5. The van der Waals surface area contributed by atoms with Crippen LogP contribution in [0.4, 0.5) is 0 Å². The quantitative estimate of drug-likeness (QED) is 0.539. The van der Waals surface area contributed by atoms with E-state index in [-0.39, 0.29) is 0 Å². The summed E-state index contributed by atoms with van der Waals surface area (Å²) in [5.74, 6) is 1.84. The lowest BCUT2D eigenvalue weighted by atomic mass is 9.97. The number of aliphatic imine (C=N–C) groups is 1. The Kier molecular flexibility index (Phi) is 7.98. The molecule has 3 heterocycles. The molecular formula is C19H37N5O2. The van der Waals surface area contributed by atoms with Gasteiger partial charge in [0.1, 0.15) is 0 Å². The molecule has 0 amide bonds. The number of hydrogen-bond donors (Lipinski definition) is 1. The summed E-state index contributed by atoms with van der Waals surface area (Å²) in [6.07, 6.45) is 3.77. The third kappa shape index (κ3) is 5.55. The summed E-state index contributed by atoms with van der Waals surface area (Å²) in [4.78, 5) is 12.1. The lowest BCUT2D eigenvalue weighted by Gasteiger charge is -2.33. The fourth-order valence-corrected chi connectivity index (χ4v) is 4.38. The molecule has 0 aromatic heterocycles. The van der Waals surface area contributed by atoms with Crippen LogP contribution in [0.1, 0.15) is 19.3 Å².